The van der Waals surface area contributed by atoms with Gasteiger partial charge in [0, 0.05) is 48.5 Å². The molecule has 2 aromatic carbocycles. The summed E-state index contributed by atoms with van der Waals surface area (Å²) in [5, 5.41) is 5.99. The van der Waals surface area contributed by atoms with E-state index >= 15 is 0 Å². The van der Waals surface area contributed by atoms with Crippen LogP contribution < -0.4 is 20.3 Å². The number of nitrogens with one attached hydrogen (secondary N) is 2. The second-order valence-electron chi connectivity index (χ2n) is 9.36. The van der Waals surface area contributed by atoms with Crippen molar-refractivity contribution in [1.82, 2.24) is 10.2 Å². The van der Waals surface area contributed by atoms with Crippen LogP contribution in [0.5, 0.6) is 5.75 Å². The first-order valence-corrected chi connectivity index (χ1v) is 12.1. The van der Waals surface area contributed by atoms with Gasteiger partial charge < -0.3 is 19.9 Å². The highest BCUT2D eigenvalue weighted by molar-refractivity contribution is 7.80. The van der Waals surface area contributed by atoms with Crippen LogP contribution in [0.15, 0.2) is 48.5 Å². The van der Waals surface area contributed by atoms with Gasteiger partial charge >= 0.3 is 0 Å². The number of benzene rings is 2. The van der Waals surface area contributed by atoms with Crippen molar-refractivity contribution in [2.24, 2.45) is 5.41 Å². The fraction of sp³-hybridized carbons (Fsp3) is 0.423. The van der Waals surface area contributed by atoms with Crippen LogP contribution in [-0.4, -0.2) is 54.6 Å². The summed E-state index contributed by atoms with van der Waals surface area (Å²) >= 11 is 5.31. The molecule has 0 bridgehead atoms. The van der Waals surface area contributed by atoms with E-state index in [0.29, 0.717) is 12.2 Å². The highest BCUT2D eigenvalue weighted by Gasteiger charge is 2.29. The summed E-state index contributed by atoms with van der Waals surface area (Å²) in [4.78, 5) is 29.1. The van der Waals surface area contributed by atoms with E-state index in [9.17, 15) is 9.59 Å². The number of hydrogen-bond donors (Lipinski definition) is 2. The molecule has 1 aliphatic heterocycles. The third-order valence-corrected chi connectivity index (χ3v) is 5.72. The first kappa shape index (κ1) is 25.5. The maximum absolute atomic E-state index is 12.5. The van der Waals surface area contributed by atoms with Gasteiger partial charge in [0.1, 0.15) is 5.75 Å². The second kappa shape index (κ2) is 11.3. The molecule has 182 valence electrons. The van der Waals surface area contributed by atoms with Crippen LogP contribution in [0, 0.1) is 5.41 Å². The van der Waals surface area contributed by atoms with Gasteiger partial charge in [-0.05, 0) is 67.2 Å². The maximum Gasteiger partial charge on any atom is 0.257 e. The van der Waals surface area contributed by atoms with Crippen molar-refractivity contribution in [3.05, 3.63) is 54.1 Å². The van der Waals surface area contributed by atoms with Crippen molar-refractivity contribution in [3.8, 4) is 5.75 Å². The summed E-state index contributed by atoms with van der Waals surface area (Å²) < 4.78 is 5.54. The molecule has 0 saturated carbocycles. The van der Waals surface area contributed by atoms with Crippen LogP contribution in [0.25, 0.3) is 0 Å². The van der Waals surface area contributed by atoms with Gasteiger partial charge in [-0.3, -0.25) is 14.9 Å². The molecule has 2 N–H and O–H groups in total. The second-order valence-corrected chi connectivity index (χ2v) is 9.77. The van der Waals surface area contributed by atoms with Crippen molar-refractivity contribution >= 4 is 40.5 Å². The van der Waals surface area contributed by atoms with Gasteiger partial charge in [0.05, 0.1) is 6.61 Å². The van der Waals surface area contributed by atoms with Crippen LogP contribution in [0.3, 0.4) is 0 Å². The van der Waals surface area contributed by atoms with E-state index in [1.807, 2.05) is 56.9 Å². The Morgan fingerprint density at radius 3 is 2.15 bits per heavy atom. The third-order valence-electron chi connectivity index (χ3n) is 5.52. The molecule has 0 spiro atoms. The van der Waals surface area contributed by atoms with Crippen LogP contribution in [-0.2, 0) is 4.79 Å². The Bertz CT molecular complexity index is 992. The maximum atomic E-state index is 12.5. The van der Waals surface area contributed by atoms with E-state index in [1.54, 1.807) is 24.3 Å². The molecule has 8 heteroatoms. The third kappa shape index (κ3) is 6.93. The van der Waals surface area contributed by atoms with Gasteiger partial charge in [0.15, 0.2) is 5.11 Å². The number of anilines is 2. The van der Waals surface area contributed by atoms with Crippen LogP contribution in [0.2, 0.25) is 0 Å². The molecule has 1 saturated heterocycles. The Labute approximate surface area is 207 Å². The number of thiocarbonyl (C=S) groups is 1. The lowest BCUT2D eigenvalue weighted by atomic mass is 9.94. The highest BCUT2D eigenvalue weighted by Crippen LogP contribution is 2.22. The fourth-order valence-corrected chi connectivity index (χ4v) is 3.87. The number of carbonyl (C=O) groups excluding carboxylic acids is 2. The first-order valence-electron chi connectivity index (χ1n) is 11.7. The molecule has 2 aromatic rings. The van der Waals surface area contributed by atoms with Gasteiger partial charge in [-0.1, -0.05) is 27.7 Å². The fourth-order valence-electron chi connectivity index (χ4n) is 3.66. The van der Waals surface area contributed by atoms with Gasteiger partial charge in [-0.2, -0.15) is 0 Å². The summed E-state index contributed by atoms with van der Waals surface area (Å²) in [5.41, 5.74) is 2.04. The summed E-state index contributed by atoms with van der Waals surface area (Å²) in [7, 11) is 0. The monoisotopic (exact) mass is 482 g/mol. The largest absolute Gasteiger partial charge is 0.494 e. The predicted octanol–water partition coefficient (Wildman–Crippen LogP) is 4.30. The van der Waals surface area contributed by atoms with Crippen molar-refractivity contribution in [2.45, 2.75) is 34.1 Å². The van der Waals surface area contributed by atoms with E-state index < -0.39 is 0 Å². The zero-order valence-corrected chi connectivity index (χ0v) is 21.2. The first-order chi connectivity index (χ1) is 16.2. The summed E-state index contributed by atoms with van der Waals surface area (Å²) in [5.74, 6) is 0.656. The van der Waals surface area contributed by atoms with Crippen molar-refractivity contribution in [1.29, 1.82) is 0 Å². The molecule has 34 heavy (non-hydrogen) atoms. The number of amides is 2. The lowest BCUT2D eigenvalue weighted by Gasteiger charge is -2.38. The van der Waals surface area contributed by atoms with Crippen LogP contribution >= 0.6 is 12.2 Å². The van der Waals surface area contributed by atoms with Gasteiger partial charge in [0.2, 0.25) is 5.91 Å². The highest BCUT2D eigenvalue weighted by atomic mass is 32.1. The molecule has 1 heterocycles. The van der Waals surface area contributed by atoms with Crippen LogP contribution in [0.4, 0.5) is 11.4 Å². The molecule has 0 unspecified atom stereocenters. The van der Waals surface area contributed by atoms with Crippen molar-refractivity contribution in [3.63, 3.8) is 0 Å². The lowest BCUT2D eigenvalue weighted by Crippen LogP contribution is -2.51. The minimum Gasteiger partial charge on any atom is -0.494 e. The Kier molecular flexibility index (Phi) is 8.50. The van der Waals surface area contributed by atoms with Crippen molar-refractivity contribution < 1.29 is 14.3 Å². The zero-order valence-electron chi connectivity index (χ0n) is 20.4. The molecular formula is C26H34N4O3S. The van der Waals surface area contributed by atoms with E-state index in [-0.39, 0.29) is 22.3 Å². The molecule has 0 aromatic heterocycles. The molecule has 1 fully saturated rings. The molecule has 0 aliphatic carbocycles. The van der Waals surface area contributed by atoms with Gasteiger partial charge in [-0.25, -0.2) is 0 Å². The predicted molar refractivity (Wildman–Crippen MR) is 141 cm³/mol. The number of nitrogens with zero attached hydrogens (tertiary/aromatic N) is 2. The molecule has 3 rings (SSSR count). The standard InChI is InChI=1S/C26H34N4O3S/c1-5-18-33-22-12-6-19(7-13-22)23(31)28-25(34)27-20-8-10-21(11-9-20)29-14-16-30(17-15-29)24(32)26(2,3)4/h6-13H,5,14-18H2,1-4H3,(H2,27,28,31,34). The van der Waals surface area contributed by atoms with Gasteiger partial charge in [0.25, 0.3) is 5.91 Å². The molecule has 7 nitrogen and oxygen atoms in total. The summed E-state index contributed by atoms with van der Waals surface area (Å²) in [6.07, 6.45) is 0.929. The Hall–Kier alpha value is -3.13. The minimum atomic E-state index is -0.351. The summed E-state index contributed by atoms with van der Waals surface area (Å²) in [6.45, 7) is 11.6. The molecule has 0 atom stereocenters. The smallest absolute Gasteiger partial charge is 0.257 e. The normalized spacial score (nSPS) is 13.9. The molecule has 2 amide bonds. The molecular weight excluding hydrogens is 448 g/mol. The number of piperazine rings is 1. The van der Waals surface area contributed by atoms with E-state index in [4.69, 9.17) is 17.0 Å². The quantitative estimate of drug-likeness (QED) is 0.598. The SMILES string of the molecule is CCCOc1ccc(C(=O)NC(=S)Nc2ccc(N3CCN(C(=O)C(C)(C)C)CC3)cc2)cc1. The van der Waals surface area contributed by atoms with E-state index in [2.05, 4.69) is 15.5 Å². The lowest BCUT2D eigenvalue weighted by molar-refractivity contribution is -0.139. The van der Waals surface area contributed by atoms with Crippen molar-refractivity contribution in [2.75, 3.05) is 43.0 Å². The molecule has 1 aliphatic rings. The van der Waals surface area contributed by atoms with Gasteiger partial charge in [-0.15, -0.1) is 0 Å². The zero-order chi connectivity index (χ0) is 24.7. The number of rotatable bonds is 6. The Morgan fingerprint density at radius 2 is 1.59 bits per heavy atom. The van der Waals surface area contributed by atoms with E-state index in [0.717, 1.165) is 49.7 Å². The van der Waals surface area contributed by atoms with Crippen LogP contribution in [0.1, 0.15) is 44.5 Å². The number of carbonyl (C=O) groups is 2. The number of hydrogen-bond acceptors (Lipinski definition) is 5. The Morgan fingerprint density at radius 1 is 0.971 bits per heavy atom. The molecule has 0 radical (unpaired) electrons. The average Bonchev–Trinajstić information content (AvgIpc) is 2.82. The topological polar surface area (TPSA) is 73.9 Å². The Balaban J connectivity index is 1.48. The minimum absolute atomic E-state index is 0.197. The summed E-state index contributed by atoms with van der Waals surface area (Å²) in [6, 6.07) is 14.9. The van der Waals surface area contributed by atoms with E-state index in [1.165, 1.54) is 0 Å². The average molecular weight is 483 g/mol. The number of ether oxygens (including phenoxy) is 1.